The smallest absolute Gasteiger partial charge is 0.123 e. The largest absolute Gasteiger partial charge is 0.493 e. The minimum Gasteiger partial charge on any atom is -0.493 e. The van der Waals surface area contributed by atoms with Gasteiger partial charge in [-0.15, -0.1) is 0 Å². The first-order valence-corrected chi connectivity index (χ1v) is 7.15. The summed E-state index contributed by atoms with van der Waals surface area (Å²) >= 11 is 0. The molecule has 0 fully saturated rings. The van der Waals surface area contributed by atoms with Crippen LogP contribution < -0.4 is 10.1 Å². The van der Waals surface area contributed by atoms with Crippen LogP contribution in [0.25, 0.3) is 0 Å². The Kier molecular flexibility index (Phi) is 7.51. The Balaban J connectivity index is 2.38. The lowest BCUT2D eigenvalue weighted by Crippen LogP contribution is -2.14. The van der Waals surface area contributed by atoms with Crippen molar-refractivity contribution < 1.29 is 4.74 Å². The van der Waals surface area contributed by atoms with Gasteiger partial charge in [-0.3, -0.25) is 0 Å². The van der Waals surface area contributed by atoms with Gasteiger partial charge in [-0.25, -0.2) is 0 Å². The van der Waals surface area contributed by atoms with Gasteiger partial charge in [0.15, 0.2) is 0 Å². The number of hydrogen-bond donors (Lipinski definition) is 1. The molecule has 0 aromatic heterocycles. The first kappa shape index (κ1) is 15.0. The van der Waals surface area contributed by atoms with Gasteiger partial charge in [-0.1, -0.05) is 39.0 Å². The average molecular weight is 249 g/mol. The highest BCUT2D eigenvalue weighted by Crippen LogP contribution is 2.18. The molecule has 102 valence electrons. The molecule has 0 aliphatic carbocycles. The fourth-order valence-electron chi connectivity index (χ4n) is 1.86. The van der Waals surface area contributed by atoms with E-state index in [2.05, 4.69) is 44.3 Å². The van der Waals surface area contributed by atoms with Crippen LogP contribution in [-0.2, 0) is 6.54 Å². The molecule has 2 heteroatoms. The van der Waals surface area contributed by atoms with E-state index in [4.69, 9.17) is 4.74 Å². The van der Waals surface area contributed by atoms with E-state index < -0.39 is 0 Å². The number of hydrogen-bond acceptors (Lipinski definition) is 2. The minimum absolute atomic E-state index is 0.759. The normalized spacial score (nSPS) is 10.9. The Labute approximate surface area is 112 Å². The number of rotatable bonds is 9. The van der Waals surface area contributed by atoms with Gasteiger partial charge in [0.1, 0.15) is 5.75 Å². The van der Waals surface area contributed by atoms with E-state index >= 15 is 0 Å². The van der Waals surface area contributed by atoms with E-state index in [0.29, 0.717) is 0 Å². The zero-order valence-corrected chi connectivity index (χ0v) is 12.0. The summed E-state index contributed by atoms with van der Waals surface area (Å²) < 4.78 is 5.88. The maximum Gasteiger partial charge on any atom is 0.123 e. The van der Waals surface area contributed by atoms with Crippen LogP contribution in [0.2, 0.25) is 0 Å². The first-order chi connectivity index (χ1) is 8.74. The van der Waals surface area contributed by atoms with E-state index in [1.54, 1.807) is 0 Å². The maximum atomic E-state index is 5.88. The summed E-state index contributed by atoms with van der Waals surface area (Å²) in [4.78, 5) is 0. The van der Waals surface area contributed by atoms with Crippen molar-refractivity contribution in [3.05, 3.63) is 29.8 Å². The number of ether oxygens (including phenoxy) is 1. The Morgan fingerprint density at radius 3 is 2.72 bits per heavy atom. The van der Waals surface area contributed by atoms with Crippen molar-refractivity contribution in [1.82, 2.24) is 5.32 Å². The summed E-state index contributed by atoms with van der Waals surface area (Å²) in [5.74, 6) is 1.79. The van der Waals surface area contributed by atoms with Crippen molar-refractivity contribution in [2.24, 2.45) is 5.92 Å². The van der Waals surface area contributed by atoms with Crippen LogP contribution in [0.15, 0.2) is 24.3 Å². The standard InChI is InChI=1S/C16H27NO/c1-4-11-17-13-15-9-5-6-10-16(15)18-12-7-8-14(2)3/h5-6,9-10,14,17H,4,7-8,11-13H2,1-3H3. The molecular formula is C16H27NO. The monoisotopic (exact) mass is 249 g/mol. The average Bonchev–Trinajstić information content (AvgIpc) is 2.36. The van der Waals surface area contributed by atoms with Gasteiger partial charge in [-0.2, -0.15) is 0 Å². The topological polar surface area (TPSA) is 21.3 Å². The third-order valence-electron chi connectivity index (χ3n) is 2.90. The number of benzene rings is 1. The fourth-order valence-corrected chi connectivity index (χ4v) is 1.86. The van der Waals surface area contributed by atoms with Gasteiger partial charge in [0.2, 0.25) is 0 Å². The van der Waals surface area contributed by atoms with Gasteiger partial charge in [0.25, 0.3) is 0 Å². The molecule has 1 rings (SSSR count). The van der Waals surface area contributed by atoms with Crippen LogP contribution in [0, 0.1) is 5.92 Å². The fraction of sp³-hybridized carbons (Fsp3) is 0.625. The van der Waals surface area contributed by atoms with Gasteiger partial charge < -0.3 is 10.1 Å². The third kappa shape index (κ3) is 6.06. The van der Waals surface area contributed by atoms with E-state index in [0.717, 1.165) is 44.2 Å². The highest BCUT2D eigenvalue weighted by atomic mass is 16.5. The molecule has 2 nitrogen and oxygen atoms in total. The third-order valence-corrected chi connectivity index (χ3v) is 2.90. The second-order valence-electron chi connectivity index (χ2n) is 5.17. The Morgan fingerprint density at radius 1 is 1.22 bits per heavy atom. The van der Waals surface area contributed by atoms with E-state index in [1.807, 2.05) is 6.07 Å². The Bertz CT molecular complexity index is 323. The first-order valence-electron chi connectivity index (χ1n) is 7.15. The quantitative estimate of drug-likeness (QED) is 0.668. The molecule has 1 aromatic carbocycles. The van der Waals surface area contributed by atoms with Gasteiger partial charge in [-0.05, 0) is 37.8 Å². The SMILES string of the molecule is CCCNCc1ccccc1OCCCC(C)C. The van der Waals surface area contributed by atoms with Crippen molar-refractivity contribution in [3.63, 3.8) is 0 Å². The summed E-state index contributed by atoms with van der Waals surface area (Å²) in [6.45, 7) is 9.46. The number of nitrogens with one attached hydrogen (secondary N) is 1. The Morgan fingerprint density at radius 2 is 2.00 bits per heavy atom. The lowest BCUT2D eigenvalue weighted by atomic mass is 10.1. The van der Waals surface area contributed by atoms with Crippen LogP contribution in [0.4, 0.5) is 0 Å². The van der Waals surface area contributed by atoms with Crippen molar-refractivity contribution in [2.45, 2.75) is 46.6 Å². The van der Waals surface area contributed by atoms with Crippen molar-refractivity contribution in [3.8, 4) is 5.75 Å². The second kappa shape index (κ2) is 8.98. The van der Waals surface area contributed by atoms with E-state index in [-0.39, 0.29) is 0 Å². The van der Waals surface area contributed by atoms with Crippen LogP contribution in [-0.4, -0.2) is 13.2 Å². The molecule has 18 heavy (non-hydrogen) atoms. The van der Waals surface area contributed by atoms with Crippen LogP contribution >= 0.6 is 0 Å². The molecule has 1 aromatic rings. The molecule has 0 bridgehead atoms. The predicted molar refractivity (Wildman–Crippen MR) is 78.0 cm³/mol. The minimum atomic E-state index is 0.759. The van der Waals surface area contributed by atoms with Crippen molar-refractivity contribution in [1.29, 1.82) is 0 Å². The molecule has 0 heterocycles. The van der Waals surface area contributed by atoms with E-state index in [9.17, 15) is 0 Å². The lowest BCUT2D eigenvalue weighted by Gasteiger charge is -2.12. The predicted octanol–water partition coefficient (Wildman–Crippen LogP) is 4.00. The Hall–Kier alpha value is -1.02. The molecule has 0 saturated carbocycles. The number of para-hydroxylation sites is 1. The molecule has 0 aliphatic rings. The summed E-state index contributed by atoms with van der Waals surface area (Å²) in [7, 11) is 0. The second-order valence-corrected chi connectivity index (χ2v) is 5.17. The molecule has 0 unspecified atom stereocenters. The molecule has 0 spiro atoms. The highest BCUT2D eigenvalue weighted by Gasteiger charge is 2.02. The summed E-state index contributed by atoms with van der Waals surface area (Å²) in [5, 5.41) is 3.42. The van der Waals surface area contributed by atoms with Crippen LogP contribution in [0.1, 0.15) is 45.6 Å². The molecule has 0 atom stereocenters. The van der Waals surface area contributed by atoms with Gasteiger partial charge in [0.05, 0.1) is 6.61 Å². The molecule has 1 N–H and O–H groups in total. The van der Waals surface area contributed by atoms with E-state index in [1.165, 1.54) is 12.0 Å². The zero-order chi connectivity index (χ0) is 13.2. The summed E-state index contributed by atoms with van der Waals surface area (Å²) in [5.41, 5.74) is 1.26. The molecule has 0 amide bonds. The summed E-state index contributed by atoms with van der Waals surface area (Å²) in [6.07, 6.45) is 3.53. The van der Waals surface area contributed by atoms with Crippen LogP contribution in [0.5, 0.6) is 5.75 Å². The highest BCUT2D eigenvalue weighted by molar-refractivity contribution is 5.33. The lowest BCUT2D eigenvalue weighted by molar-refractivity contribution is 0.294. The van der Waals surface area contributed by atoms with Crippen molar-refractivity contribution in [2.75, 3.05) is 13.2 Å². The molecule has 0 radical (unpaired) electrons. The zero-order valence-electron chi connectivity index (χ0n) is 12.0. The molecular weight excluding hydrogens is 222 g/mol. The van der Waals surface area contributed by atoms with Crippen molar-refractivity contribution >= 4 is 0 Å². The molecule has 0 saturated heterocycles. The van der Waals surface area contributed by atoms with Gasteiger partial charge in [0, 0.05) is 12.1 Å². The summed E-state index contributed by atoms with van der Waals surface area (Å²) in [6, 6.07) is 8.32. The molecule has 0 aliphatic heterocycles. The maximum absolute atomic E-state index is 5.88. The van der Waals surface area contributed by atoms with Gasteiger partial charge >= 0.3 is 0 Å². The van der Waals surface area contributed by atoms with Crippen LogP contribution in [0.3, 0.4) is 0 Å².